The number of hydrogen-bond acceptors (Lipinski definition) is 4. The van der Waals surface area contributed by atoms with Crippen LogP contribution in [0.5, 0.6) is 0 Å². The van der Waals surface area contributed by atoms with Crippen molar-refractivity contribution in [1.82, 2.24) is 0 Å². The van der Waals surface area contributed by atoms with E-state index < -0.39 is 6.10 Å². The van der Waals surface area contributed by atoms with E-state index in [4.69, 9.17) is 9.47 Å². The summed E-state index contributed by atoms with van der Waals surface area (Å²) in [5.74, 6) is -0.232. The van der Waals surface area contributed by atoms with Gasteiger partial charge in [0.25, 0.3) is 0 Å². The zero-order valence-electron chi connectivity index (χ0n) is 32.8. The summed E-state index contributed by atoms with van der Waals surface area (Å²) >= 11 is 0. The molecule has 0 saturated carbocycles. The van der Waals surface area contributed by atoms with Gasteiger partial charge in [-0.1, -0.05) is 168 Å². The van der Waals surface area contributed by atoms with E-state index in [0.717, 1.165) is 83.5 Å². The molecule has 0 heterocycles. The Kier molecular flexibility index (Phi) is 40.7. The third-order valence-corrected chi connectivity index (χ3v) is 8.09. The number of allylic oxidation sites excluding steroid dienone is 18. The van der Waals surface area contributed by atoms with Crippen LogP contribution >= 0.6 is 0 Å². The van der Waals surface area contributed by atoms with Gasteiger partial charge in [-0.05, 0) is 89.9 Å². The topological polar surface area (TPSA) is 55.8 Å². The summed E-state index contributed by atoms with van der Waals surface area (Å²) in [5, 5.41) is 9.57. The van der Waals surface area contributed by atoms with E-state index in [2.05, 4.69) is 123 Å². The summed E-state index contributed by atoms with van der Waals surface area (Å²) in [6.45, 7) is 4.95. The molecule has 0 aliphatic rings. The fraction of sp³-hybridized carbons (Fsp3) is 0.596. The second-order valence-electron chi connectivity index (χ2n) is 12.9. The third-order valence-electron chi connectivity index (χ3n) is 8.09. The maximum absolute atomic E-state index is 12.2. The Bertz CT molecular complexity index is 1010. The van der Waals surface area contributed by atoms with Crippen LogP contribution in [0.4, 0.5) is 0 Å². The van der Waals surface area contributed by atoms with Gasteiger partial charge in [-0.25, -0.2) is 0 Å². The average Bonchev–Trinajstić information content (AvgIpc) is 3.14. The highest BCUT2D eigenvalue weighted by atomic mass is 16.6. The first-order valence-corrected chi connectivity index (χ1v) is 20.5. The molecule has 1 N–H and O–H groups in total. The Morgan fingerprint density at radius 1 is 0.471 bits per heavy atom. The molecule has 288 valence electrons. The summed E-state index contributed by atoms with van der Waals surface area (Å²) in [7, 11) is 0. The molecular formula is C47H76O4. The Morgan fingerprint density at radius 3 is 1.24 bits per heavy atom. The van der Waals surface area contributed by atoms with Gasteiger partial charge in [-0.2, -0.15) is 0 Å². The highest BCUT2D eigenvalue weighted by Crippen LogP contribution is 2.12. The number of hydrogen-bond donors (Lipinski definition) is 1. The van der Waals surface area contributed by atoms with Crippen molar-refractivity contribution in [3.05, 3.63) is 109 Å². The molecule has 0 aromatic heterocycles. The van der Waals surface area contributed by atoms with E-state index in [9.17, 15) is 9.90 Å². The van der Waals surface area contributed by atoms with Crippen LogP contribution in [-0.4, -0.2) is 37.0 Å². The Balaban J connectivity index is 3.56. The van der Waals surface area contributed by atoms with Crippen molar-refractivity contribution in [3.8, 4) is 0 Å². The number of rotatable bonds is 36. The highest BCUT2D eigenvalue weighted by molar-refractivity contribution is 5.69. The molecule has 0 saturated heterocycles. The number of carbonyl (C=O) groups excluding carboxylic acids is 1. The molecule has 51 heavy (non-hydrogen) atoms. The predicted octanol–water partition coefficient (Wildman–Crippen LogP) is 13.5. The second-order valence-corrected chi connectivity index (χ2v) is 12.9. The molecule has 0 amide bonds. The summed E-state index contributed by atoms with van der Waals surface area (Å²) < 4.78 is 11.1. The molecule has 0 fully saturated rings. The first kappa shape index (κ1) is 48.1. The van der Waals surface area contributed by atoms with E-state index in [-0.39, 0.29) is 19.2 Å². The van der Waals surface area contributed by atoms with Crippen LogP contribution in [-0.2, 0) is 14.3 Å². The van der Waals surface area contributed by atoms with Crippen molar-refractivity contribution in [1.29, 1.82) is 0 Å². The van der Waals surface area contributed by atoms with Crippen LogP contribution in [0.2, 0.25) is 0 Å². The van der Waals surface area contributed by atoms with Gasteiger partial charge in [-0.15, -0.1) is 0 Å². The Labute approximate surface area is 315 Å². The fourth-order valence-corrected chi connectivity index (χ4v) is 5.12. The molecule has 0 aromatic carbocycles. The molecule has 0 spiro atoms. The molecule has 1 atom stereocenters. The van der Waals surface area contributed by atoms with Crippen molar-refractivity contribution in [3.63, 3.8) is 0 Å². The zero-order valence-corrected chi connectivity index (χ0v) is 32.8. The number of esters is 1. The Hall–Kier alpha value is -2.95. The molecule has 0 bridgehead atoms. The van der Waals surface area contributed by atoms with Crippen LogP contribution < -0.4 is 0 Å². The van der Waals surface area contributed by atoms with Crippen LogP contribution in [0.25, 0.3) is 0 Å². The summed E-state index contributed by atoms with van der Waals surface area (Å²) in [4.78, 5) is 12.2. The SMILES string of the molecule is CC/C=C\C/C=C\C/C=C\C/C=C\C/C=C\CCCCCCCCCCCC(=O)OC(CO)COCCC/C=C\C/C=C\C/C=C\C/C=C\CC. The lowest BCUT2D eigenvalue weighted by molar-refractivity contribution is -0.154. The summed E-state index contributed by atoms with van der Waals surface area (Å²) in [6, 6.07) is 0. The third kappa shape index (κ3) is 41.4. The molecule has 4 heteroatoms. The summed E-state index contributed by atoms with van der Waals surface area (Å²) in [6.07, 6.45) is 62.9. The lowest BCUT2D eigenvalue weighted by Crippen LogP contribution is -2.27. The van der Waals surface area contributed by atoms with Crippen molar-refractivity contribution in [2.75, 3.05) is 19.8 Å². The minimum Gasteiger partial charge on any atom is -0.457 e. The molecule has 0 aliphatic heterocycles. The van der Waals surface area contributed by atoms with E-state index in [0.29, 0.717) is 13.0 Å². The van der Waals surface area contributed by atoms with E-state index in [1.807, 2.05) is 0 Å². The average molecular weight is 705 g/mol. The van der Waals surface area contributed by atoms with Gasteiger partial charge in [0.05, 0.1) is 13.2 Å². The van der Waals surface area contributed by atoms with Crippen LogP contribution in [0.15, 0.2) is 109 Å². The normalized spacial score (nSPS) is 13.5. The van der Waals surface area contributed by atoms with Gasteiger partial charge in [0.15, 0.2) is 0 Å². The monoisotopic (exact) mass is 705 g/mol. The van der Waals surface area contributed by atoms with Gasteiger partial charge in [0, 0.05) is 13.0 Å². The minimum absolute atomic E-state index is 0.203. The van der Waals surface area contributed by atoms with Gasteiger partial charge in [0.2, 0.25) is 0 Å². The zero-order chi connectivity index (χ0) is 37.0. The number of aliphatic hydroxyl groups excluding tert-OH is 1. The predicted molar refractivity (Wildman–Crippen MR) is 223 cm³/mol. The lowest BCUT2D eigenvalue weighted by atomic mass is 10.1. The number of carbonyl (C=O) groups is 1. The summed E-state index contributed by atoms with van der Waals surface area (Å²) in [5.41, 5.74) is 0. The van der Waals surface area contributed by atoms with Crippen LogP contribution in [0.3, 0.4) is 0 Å². The molecular weight excluding hydrogens is 629 g/mol. The van der Waals surface area contributed by atoms with Crippen LogP contribution in [0.1, 0.15) is 155 Å². The first-order valence-electron chi connectivity index (χ1n) is 20.5. The van der Waals surface area contributed by atoms with Gasteiger partial charge < -0.3 is 14.6 Å². The van der Waals surface area contributed by atoms with E-state index >= 15 is 0 Å². The maximum atomic E-state index is 12.2. The van der Waals surface area contributed by atoms with Crippen molar-refractivity contribution >= 4 is 5.97 Å². The molecule has 4 nitrogen and oxygen atoms in total. The smallest absolute Gasteiger partial charge is 0.306 e. The molecule has 0 radical (unpaired) electrons. The maximum Gasteiger partial charge on any atom is 0.306 e. The largest absolute Gasteiger partial charge is 0.457 e. The van der Waals surface area contributed by atoms with Gasteiger partial charge >= 0.3 is 5.97 Å². The molecule has 0 rings (SSSR count). The van der Waals surface area contributed by atoms with Crippen LogP contribution in [0, 0.1) is 0 Å². The fourth-order valence-electron chi connectivity index (χ4n) is 5.12. The van der Waals surface area contributed by atoms with Crippen molar-refractivity contribution < 1.29 is 19.4 Å². The number of aliphatic hydroxyl groups is 1. The Morgan fingerprint density at radius 2 is 0.824 bits per heavy atom. The molecule has 0 aliphatic carbocycles. The minimum atomic E-state index is -0.573. The molecule has 0 aromatic rings. The standard InChI is InChI=1S/C47H76O4/c1-3-5-7-9-11-13-15-17-19-20-21-22-23-24-25-26-27-28-29-30-32-34-36-38-40-42-47(49)51-46(44-48)45-50-43-41-39-37-35-33-31-18-16-14-12-10-8-6-4-2/h5-8,11-14,17-19,21-22,24-25,31,35,37,46,48H,3-4,9-10,15-16,20,23,26-30,32-34,36,38-45H2,1-2H3/b7-5-,8-6-,13-11-,14-12-,19-17-,22-21-,25-24-,31-18-,37-35-. The number of ether oxygens (including phenoxy) is 2. The van der Waals surface area contributed by atoms with Crippen molar-refractivity contribution in [2.45, 2.75) is 161 Å². The van der Waals surface area contributed by atoms with Gasteiger partial charge in [-0.3, -0.25) is 4.79 Å². The van der Waals surface area contributed by atoms with E-state index in [1.54, 1.807) is 0 Å². The van der Waals surface area contributed by atoms with Crippen molar-refractivity contribution in [2.24, 2.45) is 0 Å². The van der Waals surface area contributed by atoms with Gasteiger partial charge in [0.1, 0.15) is 6.10 Å². The van der Waals surface area contributed by atoms with E-state index in [1.165, 1.54) is 51.4 Å². The highest BCUT2D eigenvalue weighted by Gasteiger charge is 2.13. The number of unbranched alkanes of at least 4 members (excludes halogenated alkanes) is 10. The molecule has 1 unspecified atom stereocenters. The second kappa shape index (κ2) is 43.2. The quantitative estimate of drug-likeness (QED) is 0.0401. The first-order chi connectivity index (χ1) is 25.2. The lowest BCUT2D eigenvalue weighted by Gasteiger charge is -2.15.